The third-order valence-electron chi connectivity index (χ3n) is 4.41. The van der Waals surface area contributed by atoms with Crippen LogP contribution < -0.4 is 10.8 Å². The Bertz CT molecular complexity index is 1030. The van der Waals surface area contributed by atoms with Crippen molar-refractivity contribution in [2.24, 2.45) is 0 Å². The van der Waals surface area contributed by atoms with Crippen LogP contribution >= 0.6 is 0 Å². The second-order valence-corrected chi connectivity index (χ2v) is 6.02. The third-order valence-corrected chi connectivity index (χ3v) is 4.41. The molecule has 27 heavy (non-hydrogen) atoms. The fourth-order valence-electron chi connectivity index (χ4n) is 3.12. The van der Waals surface area contributed by atoms with Crippen LogP contribution in [0.5, 0.6) is 0 Å². The number of carbonyl (C=O) groups excluding carboxylic acids is 1. The first kappa shape index (κ1) is 16.9. The van der Waals surface area contributed by atoms with Crippen molar-refractivity contribution in [3.63, 3.8) is 0 Å². The second-order valence-electron chi connectivity index (χ2n) is 6.02. The molecule has 1 unspecified atom stereocenters. The summed E-state index contributed by atoms with van der Waals surface area (Å²) in [6.45, 7) is 0. The van der Waals surface area contributed by atoms with Gasteiger partial charge in [-0.25, -0.2) is 19.8 Å². The van der Waals surface area contributed by atoms with Crippen LogP contribution in [0, 0.1) is 0 Å². The molecule has 0 saturated heterocycles. The van der Waals surface area contributed by atoms with Gasteiger partial charge in [-0.1, -0.05) is 48.5 Å². The van der Waals surface area contributed by atoms with Crippen LogP contribution in [0.15, 0.2) is 60.9 Å². The van der Waals surface area contributed by atoms with Crippen molar-refractivity contribution >= 4 is 23.8 Å². The van der Waals surface area contributed by atoms with E-state index in [1.165, 1.54) is 23.9 Å². The van der Waals surface area contributed by atoms with E-state index in [9.17, 15) is 9.18 Å². The summed E-state index contributed by atoms with van der Waals surface area (Å²) in [7, 11) is 0. The number of hydroxylamine groups is 1. The predicted molar refractivity (Wildman–Crippen MR) is 98.6 cm³/mol. The van der Waals surface area contributed by atoms with E-state index in [0.29, 0.717) is 5.56 Å². The van der Waals surface area contributed by atoms with Gasteiger partial charge in [0.1, 0.15) is 5.83 Å². The first-order chi connectivity index (χ1) is 13.2. The highest BCUT2D eigenvalue weighted by atomic mass is 19.1. The van der Waals surface area contributed by atoms with Gasteiger partial charge >= 0.3 is 0 Å². The van der Waals surface area contributed by atoms with E-state index in [1.54, 1.807) is 12.1 Å². The first-order valence-corrected chi connectivity index (χ1v) is 8.26. The highest BCUT2D eigenvalue weighted by molar-refractivity contribution is 5.92. The molecule has 0 bridgehead atoms. The molecule has 7 heteroatoms. The van der Waals surface area contributed by atoms with Gasteiger partial charge in [0.2, 0.25) is 5.95 Å². The zero-order valence-corrected chi connectivity index (χ0v) is 14.1. The summed E-state index contributed by atoms with van der Waals surface area (Å²) in [4.78, 5) is 19.7. The number of hydrogen-bond donors (Lipinski definition) is 3. The summed E-state index contributed by atoms with van der Waals surface area (Å²) in [6.07, 6.45) is 4.12. The molecule has 0 spiro atoms. The summed E-state index contributed by atoms with van der Waals surface area (Å²) in [5, 5.41) is 11.9. The molecule has 0 radical (unpaired) electrons. The minimum absolute atomic E-state index is 0.123. The lowest BCUT2D eigenvalue weighted by Gasteiger charge is -2.21. The monoisotopic (exact) mass is 362 g/mol. The van der Waals surface area contributed by atoms with Gasteiger partial charge in [-0.2, -0.15) is 0 Å². The Morgan fingerprint density at radius 1 is 1.00 bits per heavy atom. The molecule has 0 saturated carbocycles. The number of rotatable bonds is 3. The van der Waals surface area contributed by atoms with E-state index in [0.717, 1.165) is 16.7 Å². The fraction of sp³-hybridized carbons (Fsp3) is 0.0500. The average Bonchev–Trinajstić information content (AvgIpc) is 2.83. The Morgan fingerprint density at radius 3 is 2.41 bits per heavy atom. The zero-order valence-electron chi connectivity index (χ0n) is 14.1. The molecule has 0 fully saturated rings. The van der Waals surface area contributed by atoms with Gasteiger partial charge in [0.15, 0.2) is 0 Å². The number of amides is 1. The average molecular weight is 362 g/mol. The molecule has 1 heterocycles. The molecule has 2 aromatic carbocycles. The van der Waals surface area contributed by atoms with Crippen LogP contribution in [0.2, 0.25) is 0 Å². The molecule has 0 aliphatic heterocycles. The van der Waals surface area contributed by atoms with Gasteiger partial charge in [-0.3, -0.25) is 10.0 Å². The van der Waals surface area contributed by atoms with Gasteiger partial charge in [-0.15, -0.1) is 0 Å². The summed E-state index contributed by atoms with van der Waals surface area (Å²) in [6, 6.07) is 14.4. The van der Waals surface area contributed by atoms with E-state index in [2.05, 4.69) is 15.3 Å². The molecular formula is C20H15FN4O2. The number of aromatic nitrogens is 2. The lowest BCUT2D eigenvalue weighted by atomic mass is 9.94. The number of anilines is 1. The highest BCUT2D eigenvalue weighted by Crippen LogP contribution is 2.38. The zero-order chi connectivity index (χ0) is 18.8. The predicted octanol–water partition coefficient (Wildman–Crippen LogP) is 3.58. The lowest BCUT2D eigenvalue weighted by Crippen LogP contribution is -2.20. The van der Waals surface area contributed by atoms with Crippen LogP contribution in [0.25, 0.3) is 11.9 Å². The van der Waals surface area contributed by atoms with E-state index in [-0.39, 0.29) is 23.4 Å². The molecule has 1 aromatic heterocycles. The van der Waals surface area contributed by atoms with Crippen molar-refractivity contribution in [3.05, 3.63) is 88.7 Å². The summed E-state index contributed by atoms with van der Waals surface area (Å²) in [5.41, 5.74) is 4.57. The third kappa shape index (κ3) is 3.16. The molecular weight excluding hydrogens is 347 g/mol. The lowest BCUT2D eigenvalue weighted by molar-refractivity contribution is 0.0705. The van der Waals surface area contributed by atoms with E-state index >= 15 is 0 Å². The molecule has 6 nitrogen and oxygen atoms in total. The van der Waals surface area contributed by atoms with Gasteiger partial charge in [0.05, 0.1) is 11.6 Å². The minimum atomic E-state index is -0.696. The molecule has 3 aromatic rings. The molecule has 4 rings (SSSR count). The van der Waals surface area contributed by atoms with Crippen molar-refractivity contribution in [1.82, 2.24) is 15.4 Å². The van der Waals surface area contributed by atoms with Crippen LogP contribution in [-0.2, 0) is 0 Å². The van der Waals surface area contributed by atoms with Crippen molar-refractivity contribution in [1.29, 1.82) is 0 Å². The summed E-state index contributed by atoms with van der Waals surface area (Å²) in [5.74, 6) is -0.724. The van der Waals surface area contributed by atoms with Crippen LogP contribution in [0.4, 0.5) is 10.3 Å². The molecule has 1 aliphatic carbocycles. The second kappa shape index (κ2) is 6.97. The van der Waals surface area contributed by atoms with Crippen LogP contribution in [0.1, 0.15) is 38.7 Å². The highest BCUT2D eigenvalue weighted by Gasteiger charge is 2.25. The maximum atomic E-state index is 14.7. The van der Waals surface area contributed by atoms with Crippen LogP contribution in [0.3, 0.4) is 0 Å². The molecule has 1 aliphatic rings. The summed E-state index contributed by atoms with van der Waals surface area (Å²) < 4.78 is 14.7. The molecule has 1 amide bonds. The Balaban J connectivity index is 1.77. The quantitative estimate of drug-likeness (QED) is 0.490. The number of benzene rings is 2. The molecule has 1 atom stereocenters. The van der Waals surface area contributed by atoms with Crippen molar-refractivity contribution in [2.75, 3.05) is 5.32 Å². The standard InChI is InChI=1S/C20H15FN4O2/c21-17-9-12-5-1-2-6-14(12)18(16-8-4-3-7-15(16)17)24-20-22-10-13(11-23-20)19(26)25-27/h1-11,18,27H,(H,25,26)(H,22,23,24). The maximum Gasteiger partial charge on any atom is 0.277 e. The minimum Gasteiger partial charge on any atom is -0.343 e. The van der Waals surface area contributed by atoms with Crippen molar-refractivity contribution < 1.29 is 14.4 Å². The molecule has 134 valence electrons. The summed E-state index contributed by atoms with van der Waals surface area (Å²) >= 11 is 0. The smallest absolute Gasteiger partial charge is 0.277 e. The van der Waals surface area contributed by atoms with Crippen molar-refractivity contribution in [2.45, 2.75) is 6.04 Å². The van der Waals surface area contributed by atoms with Gasteiger partial charge < -0.3 is 5.32 Å². The molecule has 3 N–H and O–H groups in total. The normalized spacial score (nSPS) is 15.0. The van der Waals surface area contributed by atoms with Gasteiger partial charge in [0.25, 0.3) is 5.91 Å². The Morgan fingerprint density at radius 2 is 1.67 bits per heavy atom. The van der Waals surface area contributed by atoms with E-state index in [1.807, 2.05) is 36.4 Å². The Labute approximate surface area is 154 Å². The van der Waals surface area contributed by atoms with Crippen LogP contribution in [-0.4, -0.2) is 21.1 Å². The Hall–Kier alpha value is -3.58. The number of fused-ring (bicyclic) bond motifs is 2. The van der Waals surface area contributed by atoms with Crippen molar-refractivity contribution in [3.8, 4) is 0 Å². The number of hydrogen-bond acceptors (Lipinski definition) is 5. The fourth-order valence-corrected chi connectivity index (χ4v) is 3.12. The number of halogens is 1. The topological polar surface area (TPSA) is 87.1 Å². The van der Waals surface area contributed by atoms with E-state index in [4.69, 9.17) is 5.21 Å². The van der Waals surface area contributed by atoms with Gasteiger partial charge in [-0.05, 0) is 22.8 Å². The number of nitrogens with zero attached hydrogens (tertiary/aromatic N) is 2. The number of carbonyl (C=O) groups is 1. The van der Waals surface area contributed by atoms with Gasteiger partial charge in [0, 0.05) is 18.0 Å². The van der Waals surface area contributed by atoms with E-state index < -0.39 is 5.91 Å². The largest absolute Gasteiger partial charge is 0.343 e. The maximum absolute atomic E-state index is 14.7. The Kier molecular flexibility index (Phi) is 4.35. The SMILES string of the molecule is O=C(NO)c1cnc(NC2c3ccccc3C=C(F)c3ccccc32)nc1. The first-order valence-electron chi connectivity index (χ1n) is 8.26. The number of nitrogens with one attached hydrogen (secondary N) is 2.